The molecule has 1 atom stereocenters. The number of hydrogen-bond donors (Lipinski definition) is 3. The molecule has 180 valence electrons. The molecular weight excluding hydrogens is 448 g/mol. The van der Waals surface area contributed by atoms with Crippen LogP contribution in [0.2, 0.25) is 0 Å². The van der Waals surface area contributed by atoms with Crippen molar-refractivity contribution in [1.82, 2.24) is 10.2 Å². The highest BCUT2D eigenvalue weighted by molar-refractivity contribution is 7.80. The Morgan fingerprint density at radius 2 is 1.79 bits per heavy atom. The number of esters is 1. The van der Waals surface area contributed by atoms with Crippen LogP contribution in [0.15, 0.2) is 59.8 Å². The minimum absolute atomic E-state index is 0.225. The number of thiocarbonyl (C=S) groups is 1. The molecule has 0 radical (unpaired) electrons. The molecule has 3 rings (SSSR count). The van der Waals surface area contributed by atoms with Crippen LogP contribution in [0, 0.1) is 5.92 Å². The fourth-order valence-electron chi connectivity index (χ4n) is 3.58. The van der Waals surface area contributed by atoms with E-state index in [0.717, 1.165) is 17.7 Å². The Bertz CT molecular complexity index is 1100. The SMILES string of the molecule is CCc1ccc(NC(=O)Nc2cccc(C3NC(=S)N(C)C(C)=C3C(=O)OCC(C)C)c2)cc1. The van der Waals surface area contributed by atoms with Gasteiger partial charge in [-0.05, 0) is 66.9 Å². The van der Waals surface area contributed by atoms with Gasteiger partial charge in [0.05, 0.1) is 18.2 Å². The Morgan fingerprint density at radius 1 is 1.12 bits per heavy atom. The Morgan fingerprint density at radius 3 is 2.44 bits per heavy atom. The molecule has 7 nitrogen and oxygen atoms in total. The first-order chi connectivity index (χ1) is 16.2. The molecule has 1 aliphatic heterocycles. The van der Waals surface area contributed by atoms with Crippen LogP contribution in [0.4, 0.5) is 16.2 Å². The van der Waals surface area contributed by atoms with Crippen molar-refractivity contribution in [2.45, 2.75) is 40.2 Å². The standard InChI is InChI=1S/C26H32N4O3S/c1-6-18-10-12-20(13-11-18)27-25(32)28-21-9-7-8-19(14-21)23-22(24(31)33-15-16(2)3)17(4)30(5)26(34)29-23/h7-14,16,23H,6,15H2,1-5H3,(H,29,34)(H2,27,28,32). The van der Waals surface area contributed by atoms with E-state index in [1.807, 2.05) is 70.3 Å². The summed E-state index contributed by atoms with van der Waals surface area (Å²) in [4.78, 5) is 27.3. The molecule has 2 amide bonds. The number of carbonyl (C=O) groups is 2. The molecule has 2 aromatic carbocycles. The number of allylic oxidation sites excluding steroid dienone is 1. The number of nitrogens with zero attached hydrogens (tertiary/aromatic N) is 1. The maximum Gasteiger partial charge on any atom is 0.338 e. The van der Waals surface area contributed by atoms with Gasteiger partial charge in [-0.15, -0.1) is 0 Å². The molecule has 8 heteroatoms. The lowest BCUT2D eigenvalue weighted by atomic mass is 9.95. The Labute approximate surface area is 206 Å². The number of aryl methyl sites for hydroxylation is 1. The van der Waals surface area contributed by atoms with Gasteiger partial charge in [-0.3, -0.25) is 0 Å². The topological polar surface area (TPSA) is 82.7 Å². The number of benzene rings is 2. The van der Waals surface area contributed by atoms with E-state index >= 15 is 0 Å². The highest BCUT2D eigenvalue weighted by atomic mass is 32.1. The molecule has 1 unspecified atom stereocenters. The number of rotatable bonds is 7. The van der Waals surface area contributed by atoms with Gasteiger partial charge >= 0.3 is 12.0 Å². The van der Waals surface area contributed by atoms with E-state index in [2.05, 4.69) is 22.9 Å². The molecule has 34 heavy (non-hydrogen) atoms. The summed E-state index contributed by atoms with van der Waals surface area (Å²) in [7, 11) is 1.81. The van der Waals surface area contributed by atoms with Gasteiger partial charge in [0, 0.05) is 24.1 Å². The predicted molar refractivity (Wildman–Crippen MR) is 140 cm³/mol. The first-order valence-corrected chi connectivity index (χ1v) is 11.8. The number of carbonyl (C=O) groups excluding carboxylic acids is 2. The van der Waals surface area contributed by atoms with E-state index < -0.39 is 6.04 Å². The van der Waals surface area contributed by atoms with Crippen LogP contribution in [0.3, 0.4) is 0 Å². The maximum atomic E-state index is 13.0. The van der Waals surface area contributed by atoms with E-state index in [1.165, 1.54) is 5.56 Å². The van der Waals surface area contributed by atoms with Crippen molar-refractivity contribution in [1.29, 1.82) is 0 Å². The zero-order chi connectivity index (χ0) is 24.8. The van der Waals surface area contributed by atoms with E-state index in [1.54, 1.807) is 11.0 Å². The summed E-state index contributed by atoms with van der Waals surface area (Å²) in [6, 6.07) is 14.2. The zero-order valence-electron chi connectivity index (χ0n) is 20.3. The minimum Gasteiger partial charge on any atom is -0.462 e. The highest BCUT2D eigenvalue weighted by Crippen LogP contribution is 2.32. The number of ether oxygens (including phenoxy) is 1. The maximum absolute atomic E-state index is 13.0. The lowest BCUT2D eigenvalue weighted by Gasteiger charge is -2.35. The molecule has 0 saturated heterocycles. The van der Waals surface area contributed by atoms with Crippen LogP contribution in [0.1, 0.15) is 44.9 Å². The van der Waals surface area contributed by atoms with Crippen molar-refractivity contribution < 1.29 is 14.3 Å². The monoisotopic (exact) mass is 480 g/mol. The second kappa shape index (κ2) is 11.2. The summed E-state index contributed by atoms with van der Waals surface area (Å²) in [5.74, 6) is -0.160. The second-order valence-corrected chi connectivity index (χ2v) is 9.07. The number of hydrogen-bond acceptors (Lipinski definition) is 4. The normalized spacial score (nSPS) is 15.8. The van der Waals surface area contributed by atoms with Gasteiger partial charge in [0.25, 0.3) is 0 Å². The quantitative estimate of drug-likeness (QED) is 0.372. The van der Waals surface area contributed by atoms with Crippen LogP contribution < -0.4 is 16.0 Å². The van der Waals surface area contributed by atoms with Gasteiger partial charge in [-0.25, -0.2) is 9.59 Å². The largest absolute Gasteiger partial charge is 0.462 e. The molecule has 2 aromatic rings. The first kappa shape index (κ1) is 25.2. The summed E-state index contributed by atoms with van der Waals surface area (Å²) in [5, 5.41) is 9.44. The van der Waals surface area contributed by atoms with E-state index in [-0.39, 0.29) is 17.9 Å². The van der Waals surface area contributed by atoms with E-state index in [4.69, 9.17) is 17.0 Å². The third kappa shape index (κ3) is 6.14. The fourth-order valence-corrected chi connectivity index (χ4v) is 3.84. The number of anilines is 2. The third-order valence-electron chi connectivity index (χ3n) is 5.62. The lowest BCUT2D eigenvalue weighted by molar-refractivity contribution is -0.140. The predicted octanol–water partition coefficient (Wildman–Crippen LogP) is 5.23. The molecule has 0 fully saturated rings. The number of nitrogens with one attached hydrogen (secondary N) is 3. The molecule has 0 saturated carbocycles. The van der Waals surface area contributed by atoms with Gasteiger partial charge in [0.1, 0.15) is 0 Å². The van der Waals surface area contributed by atoms with Gasteiger partial charge in [0.15, 0.2) is 5.11 Å². The molecular formula is C26H32N4O3S. The Kier molecular flexibility index (Phi) is 8.28. The van der Waals surface area contributed by atoms with Gasteiger partial charge in [-0.2, -0.15) is 0 Å². The Balaban J connectivity index is 1.80. The van der Waals surface area contributed by atoms with Crippen molar-refractivity contribution in [3.05, 3.63) is 70.9 Å². The van der Waals surface area contributed by atoms with Crippen molar-refractivity contribution in [3.8, 4) is 0 Å². The van der Waals surface area contributed by atoms with Crippen molar-refractivity contribution >= 4 is 40.7 Å². The summed E-state index contributed by atoms with van der Waals surface area (Å²) in [6.07, 6.45) is 0.939. The van der Waals surface area contributed by atoms with Crippen molar-refractivity contribution in [3.63, 3.8) is 0 Å². The summed E-state index contributed by atoms with van der Waals surface area (Å²) in [5.41, 5.74) is 4.52. The zero-order valence-corrected chi connectivity index (χ0v) is 21.1. The molecule has 0 aromatic heterocycles. The van der Waals surface area contributed by atoms with E-state index in [9.17, 15) is 9.59 Å². The van der Waals surface area contributed by atoms with Gasteiger partial charge in [-0.1, -0.05) is 45.0 Å². The van der Waals surface area contributed by atoms with Crippen LogP contribution in [0.5, 0.6) is 0 Å². The van der Waals surface area contributed by atoms with Crippen LogP contribution in [-0.2, 0) is 16.0 Å². The second-order valence-electron chi connectivity index (χ2n) is 8.69. The van der Waals surface area contributed by atoms with Crippen LogP contribution in [0.25, 0.3) is 0 Å². The number of amides is 2. The summed E-state index contributed by atoms with van der Waals surface area (Å²) in [6.45, 7) is 8.25. The van der Waals surface area contributed by atoms with Crippen LogP contribution in [-0.4, -0.2) is 35.7 Å². The lowest BCUT2D eigenvalue weighted by Crippen LogP contribution is -2.46. The molecule has 1 aliphatic rings. The van der Waals surface area contributed by atoms with Gasteiger partial charge < -0.3 is 25.6 Å². The van der Waals surface area contributed by atoms with Crippen molar-refractivity contribution in [2.75, 3.05) is 24.3 Å². The molecule has 0 bridgehead atoms. The first-order valence-electron chi connectivity index (χ1n) is 11.4. The average molecular weight is 481 g/mol. The smallest absolute Gasteiger partial charge is 0.338 e. The average Bonchev–Trinajstić information content (AvgIpc) is 2.81. The summed E-state index contributed by atoms with van der Waals surface area (Å²) >= 11 is 5.47. The third-order valence-corrected chi connectivity index (χ3v) is 6.01. The van der Waals surface area contributed by atoms with E-state index in [0.29, 0.717) is 28.7 Å². The highest BCUT2D eigenvalue weighted by Gasteiger charge is 2.33. The Hall–Kier alpha value is -3.39. The fraction of sp³-hybridized carbons (Fsp3) is 0.346. The minimum atomic E-state index is -0.491. The molecule has 0 aliphatic carbocycles. The molecule has 0 spiro atoms. The van der Waals surface area contributed by atoms with Gasteiger partial charge in [0.2, 0.25) is 0 Å². The number of urea groups is 1. The van der Waals surface area contributed by atoms with Crippen molar-refractivity contribution in [2.24, 2.45) is 5.92 Å². The molecule has 1 heterocycles. The summed E-state index contributed by atoms with van der Waals surface area (Å²) < 4.78 is 5.54. The van der Waals surface area contributed by atoms with Crippen LogP contribution >= 0.6 is 12.2 Å². The molecule has 3 N–H and O–H groups in total.